The Balaban J connectivity index is 1.96. The molecule has 1 N–H and O–H groups in total. The van der Waals surface area contributed by atoms with Crippen LogP contribution < -0.4 is 0 Å². The number of fused-ring (bicyclic) bond motifs is 5. The van der Waals surface area contributed by atoms with Gasteiger partial charge in [-0.05, 0) is 24.5 Å². The van der Waals surface area contributed by atoms with E-state index in [1.54, 1.807) is 0 Å². The van der Waals surface area contributed by atoms with Crippen LogP contribution in [0.5, 0.6) is 0 Å². The quantitative estimate of drug-likeness (QED) is 0.873. The number of hydrogen-bond donors (Lipinski definition) is 1. The first-order valence-corrected chi connectivity index (χ1v) is 8.62. The molecule has 0 aliphatic carbocycles. The average Bonchev–Trinajstić information content (AvgIpc) is 3.00. The van der Waals surface area contributed by atoms with Crippen molar-refractivity contribution >= 4 is 22.6 Å². The molecular weight excluding hydrogens is 300 g/mol. The van der Waals surface area contributed by atoms with E-state index in [0.717, 1.165) is 48.3 Å². The van der Waals surface area contributed by atoms with Crippen molar-refractivity contribution in [2.45, 2.75) is 26.2 Å². The van der Waals surface area contributed by atoms with Crippen LogP contribution in [-0.2, 0) is 16.0 Å². The minimum absolute atomic E-state index is 0.117. The number of allylic oxidation sites excluding steroid dienone is 1. The fourth-order valence-corrected chi connectivity index (χ4v) is 3.98. The average molecular weight is 322 g/mol. The van der Waals surface area contributed by atoms with Gasteiger partial charge in [0.25, 0.3) is 0 Å². The fraction of sp³-hybridized carbons (Fsp3) is 0.350. The molecule has 24 heavy (non-hydrogen) atoms. The van der Waals surface area contributed by atoms with Gasteiger partial charge < -0.3 is 14.6 Å². The molecule has 4 nitrogen and oxygen atoms in total. The minimum Gasteiger partial charge on any atom is -0.466 e. The van der Waals surface area contributed by atoms with Gasteiger partial charge in [0.05, 0.1) is 24.1 Å². The van der Waals surface area contributed by atoms with E-state index >= 15 is 0 Å². The molecule has 0 spiro atoms. The van der Waals surface area contributed by atoms with E-state index in [9.17, 15) is 4.79 Å². The number of carbonyl (C=O) groups is 1. The maximum atomic E-state index is 12.6. The summed E-state index contributed by atoms with van der Waals surface area (Å²) >= 11 is 0. The van der Waals surface area contributed by atoms with Gasteiger partial charge in [-0.15, -0.1) is 0 Å². The van der Waals surface area contributed by atoms with E-state index in [-0.39, 0.29) is 11.9 Å². The van der Waals surface area contributed by atoms with Crippen LogP contribution >= 0.6 is 0 Å². The van der Waals surface area contributed by atoms with Crippen molar-refractivity contribution in [1.29, 1.82) is 0 Å². The van der Waals surface area contributed by atoms with Crippen LogP contribution in [-0.4, -0.2) is 29.5 Å². The van der Waals surface area contributed by atoms with Gasteiger partial charge in [0.15, 0.2) is 0 Å². The molecule has 2 aliphatic rings. The highest BCUT2D eigenvalue weighted by molar-refractivity contribution is 6.01. The van der Waals surface area contributed by atoms with Crippen LogP contribution in [0.3, 0.4) is 0 Å². The molecule has 3 heterocycles. The van der Waals surface area contributed by atoms with Gasteiger partial charge in [-0.1, -0.05) is 37.6 Å². The smallest absolute Gasteiger partial charge is 0.336 e. The second-order valence-electron chi connectivity index (χ2n) is 6.46. The van der Waals surface area contributed by atoms with Crippen molar-refractivity contribution in [3.8, 4) is 0 Å². The van der Waals surface area contributed by atoms with E-state index in [4.69, 9.17) is 4.74 Å². The highest BCUT2D eigenvalue weighted by Gasteiger charge is 2.34. The molecule has 0 saturated carbocycles. The van der Waals surface area contributed by atoms with Crippen molar-refractivity contribution in [3.05, 3.63) is 53.4 Å². The topological polar surface area (TPSA) is 45.3 Å². The predicted molar refractivity (Wildman–Crippen MR) is 95.2 cm³/mol. The molecular formula is C20H22N2O2. The number of carbonyl (C=O) groups excluding carboxylic acids is 1. The van der Waals surface area contributed by atoms with Crippen molar-refractivity contribution in [2.75, 3.05) is 13.7 Å². The summed E-state index contributed by atoms with van der Waals surface area (Å²) in [5.41, 5.74) is 5.30. The Morgan fingerprint density at radius 3 is 3.00 bits per heavy atom. The molecule has 0 radical (unpaired) electrons. The van der Waals surface area contributed by atoms with E-state index in [2.05, 4.69) is 47.3 Å². The number of nitrogens with zero attached hydrogens (tertiary/aromatic N) is 1. The first-order valence-electron chi connectivity index (χ1n) is 8.62. The lowest BCUT2D eigenvalue weighted by molar-refractivity contribution is -0.136. The Kier molecular flexibility index (Phi) is 3.68. The Morgan fingerprint density at radius 1 is 1.38 bits per heavy atom. The molecule has 0 saturated heterocycles. The largest absolute Gasteiger partial charge is 0.466 e. The lowest BCUT2D eigenvalue weighted by atomic mass is 9.86. The number of aromatic nitrogens is 1. The van der Waals surface area contributed by atoms with Gasteiger partial charge in [-0.25, -0.2) is 4.79 Å². The number of methoxy groups -OCH3 is 1. The molecule has 2 aliphatic heterocycles. The molecule has 1 aromatic heterocycles. The van der Waals surface area contributed by atoms with E-state index in [1.807, 2.05) is 6.07 Å². The number of rotatable bonds is 3. The highest BCUT2D eigenvalue weighted by atomic mass is 16.5. The van der Waals surface area contributed by atoms with Gasteiger partial charge >= 0.3 is 5.97 Å². The maximum Gasteiger partial charge on any atom is 0.336 e. The van der Waals surface area contributed by atoms with Crippen LogP contribution in [0.2, 0.25) is 0 Å². The van der Waals surface area contributed by atoms with E-state index in [0.29, 0.717) is 0 Å². The first-order chi connectivity index (χ1) is 11.7. The fourth-order valence-electron chi connectivity index (χ4n) is 3.98. The van der Waals surface area contributed by atoms with Crippen molar-refractivity contribution < 1.29 is 9.53 Å². The molecule has 4 rings (SSSR count). The standard InChI is InChI=1S/C20H22N2O2/c1-3-6-13-9-11-22-12-10-15-14-7-4-5-8-16(14)21-18(15)19(22)17(13)20(23)24-2/h4-5,7-9,11,13,21H,3,6,10,12H2,1-2H3/t13-/m1/s1. The van der Waals surface area contributed by atoms with Crippen LogP contribution in [0.4, 0.5) is 0 Å². The maximum absolute atomic E-state index is 12.6. The zero-order valence-corrected chi connectivity index (χ0v) is 14.1. The molecule has 0 unspecified atom stereocenters. The summed E-state index contributed by atoms with van der Waals surface area (Å²) < 4.78 is 5.13. The summed E-state index contributed by atoms with van der Waals surface area (Å²) in [5, 5.41) is 1.26. The van der Waals surface area contributed by atoms with Crippen molar-refractivity contribution in [3.63, 3.8) is 0 Å². The summed E-state index contributed by atoms with van der Waals surface area (Å²) in [7, 11) is 1.47. The van der Waals surface area contributed by atoms with E-state index < -0.39 is 0 Å². The third-order valence-corrected chi connectivity index (χ3v) is 5.07. The monoisotopic (exact) mass is 322 g/mol. The van der Waals surface area contributed by atoms with Gasteiger partial charge in [0.2, 0.25) is 0 Å². The molecule has 124 valence electrons. The van der Waals surface area contributed by atoms with Gasteiger partial charge in [0.1, 0.15) is 0 Å². The number of H-pyrrole nitrogens is 1. The van der Waals surface area contributed by atoms with Gasteiger partial charge in [0, 0.05) is 29.6 Å². The Bertz CT molecular complexity index is 860. The number of para-hydroxylation sites is 1. The SMILES string of the molecule is CCC[C@@H]1C=CN2CCc3c([nH]c4ccccc34)C2=C1C(=O)OC. The molecule has 1 atom stereocenters. The number of benzene rings is 1. The summed E-state index contributed by atoms with van der Waals surface area (Å²) in [6, 6.07) is 8.36. The molecule has 0 fully saturated rings. The minimum atomic E-state index is -0.218. The van der Waals surface area contributed by atoms with Gasteiger partial charge in [-0.2, -0.15) is 0 Å². The second-order valence-corrected chi connectivity index (χ2v) is 6.46. The summed E-state index contributed by atoms with van der Waals surface area (Å²) in [6.45, 7) is 3.04. The summed E-state index contributed by atoms with van der Waals surface area (Å²) in [6.07, 6.45) is 7.24. The van der Waals surface area contributed by atoms with Crippen molar-refractivity contribution in [1.82, 2.24) is 9.88 Å². The lowest BCUT2D eigenvalue weighted by Crippen LogP contribution is -2.32. The molecule has 0 bridgehead atoms. The zero-order valence-electron chi connectivity index (χ0n) is 14.1. The Hall–Kier alpha value is -2.49. The summed E-state index contributed by atoms with van der Waals surface area (Å²) in [5.74, 6) is -0.102. The highest BCUT2D eigenvalue weighted by Crippen LogP contribution is 2.41. The van der Waals surface area contributed by atoms with Crippen LogP contribution in [0.15, 0.2) is 42.1 Å². The van der Waals surface area contributed by atoms with Crippen LogP contribution in [0.1, 0.15) is 31.0 Å². The zero-order chi connectivity index (χ0) is 16.7. The lowest BCUT2D eigenvalue weighted by Gasteiger charge is -2.35. The molecule has 1 aromatic carbocycles. The Labute approximate surface area is 141 Å². The van der Waals surface area contributed by atoms with Crippen molar-refractivity contribution in [2.24, 2.45) is 5.92 Å². The predicted octanol–water partition coefficient (Wildman–Crippen LogP) is 3.85. The normalized spacial score (nSPS) is 19.4. The number of nitrogens with one attached hydrogen (secondary N) is 1. The van der Waals surface area contributed by atoms with Crippen LogP contribution in [0.25, 0.3) is 16.6 Å². The number of ether oxygens (including phenoxy) is 1. The summed E-state index contributed by atoms with van der Waals surface area (Å²) in [4.78, 5) is 18.3. The second kappa shape index (κ2) is 5.86. The first kappa shape index (κ1) is 15.1. The number of esters is 1. The molecule has 2 aromatic rings. The third kappa shape index (κ3) is 2.17. The molecule has 4 heteroatoms. The van der Waals surface area contributed by atoms with E-state index in [1.165, 1.54) is 18.1 Å². The van der Waals surface area contributed by atoms with Crippen LogP contribution in [0, 0.1) is 5.92 Å². The number of aromatic amines is 1. The number of hydrogen-bond acceptors (Lipinski definition) is 3. The molecule has 0 amide bonds. The Morgan fingerprint density at radius 2 is 2.21 bits per heavy atom. The third-order valence-electron chi connectivity index (χ3n) is 5.07. The van der Waals surface area contributed by atoms with Gasteiger partial charge in [-0.3, -0.25) is 0 Å².